The molecule has 0 radical (unpaired) electrons. The Morgan fingerprint density at radius 1 is 1.33 bits per heavy atom. The summed E-state index contributed by atoms with van der Waals surface area (Å²) in [6.07, 6.45) is 0.293. The first-order valence-electron chi connectivity index (χ1n) is 10.6. The first kappa shape index (κ1) is 21.5. The third kappa shape index (κ3) is 4.63. The van der Waals surface area contributed by atoms with Crippen LogP contribution in [-0.2, 0) is 33.4 Å². The van der Waals surface area contributed by atoms with Crippen LogP contribution >= 0.6 is 0 Å². The van der Waals surface area contributed by atoms with Crippen LogP contribution in [0.4, 0.5) is 13.2 Å². The second-order valence-electron chi connectivity index (χ2n) is 8.46. The quantitative estimate of drug-likeness (QED) is 0.800. The van der Waals surface area contributed by atoms with Gasteiger partial charge in [-0.25, -0.2) is 0 Å². The molecule has 3 unspecified atom stereocenters. The number of aromatic nitrogens is 1. The fourth-order valence-corrected chi connectivity index (χ4v) is 4.82. The topological polar surface area (TPSA) is 63.7 Å². The number of nitrogens with zero attached hydrogens (tertiary/aromatic N) is 2. The van der Waals surface area contributed by atoms with Crippen LogP contribution in [0.25, 0.3) is 0 Å². The number of methoxy groups -OCH3 is 1. The van der Waals surface area contributed by atoms with Gasteiger partial charge in [0.2, 0.25) is 5.91 Å². The largest absolute Gasteiger partial charge is 0.417 e. The molecule has 1 saturated carbocycles. The Morgan fingerprint density at radius 3 is 2.93 bits per heavy atom. The second-order valence-corrected chi connectivity index (χ2v) is 8.46. The number of fused-ring (bicyclic) bond motifs is 1. The van der Waals surface area contributed by atoms with Gasteiger partial charge in [-0.05, 0) is 37.3 Å². The summed E-state index contributed by atoms with van der Waals surface area (Å²) in [7, 11) is 1.68. The molecule has 1 N–H and O–H groups in total. The van der Waals surface area contributed by atoms with Crippen LogP contribution in [0.15, 0.2) is 12.3 Å². The number of carbonyl (C=O) groups is 1. The average molecular weight is 427 g/mol. The van der Waals surface area contributed by atoms with Gasteiger partial charge in [0, 0.05) is 63.1 Å². The van der Waals surface area contributed by atoms with E-state index in [9.17, 15) is 18.0 Å². The fourth-order valence-electron chi connectivity index (χ4n) is 4.82. The molecule has 6 nitrogen and oxygen atoms in total. The zero-order valence-corrected chi connectivity index (χ0v) is 17.1. The summed E-state index contributed by atoms with van der Waals surface area (Å²) in [4.78, 5) is 18.7. The first-order chi connectivity index (χ1) is 14.3. The standard InChI is InChI=1S/C21H28F3N3O3/c1-29-19-12-30-7-5-18(19)26-16-3-2-13(9-16)20(28)27-6-4-17-14(11-27)8-15(10-25-17)21(22,23)24/h8,10,13,16,18-19,26H,2-7,9,11-12H2,1H3/t13-,16?,18?,19?/m0/s1. The molecule has 1 aromatic heterocycles. The van der Waals surface area contributed by atoms with E-state index < -0.39 is 11.7 Å². The molecule has 1 amide bonds. The average Bonchev–Trinajstić information content (AvgIpc) is 3.20. The van der Waals surface area contributed by atoms with Gasteiger partial charge in [0.1, 0.15) is 0 Å². The highest BCUT2D eigenvalue weighted by Gasteiger charge is 2.37. The lowest BCUT2D eigenvalue weighted by molar-refractivity contribution is -0.137. The number of hydrogen-bond acceptors (Lipinski definition) is 5. The zero-order valence-electron chi connectivity index (χ0n) is 17.1. The zero-order chi connectivity index (χ0) is 21.3. The maximum Gasteiger partial charge on any atom is 0.417 e. The minimum atomic E-state index is -4.43. The van der Waals surface area contributed by atoms with Crippen LogP contribution in [0.5, 0.6) is 0 Å². The predicted molar refractivity (Wildman–Crippen MR) is 103 cm³/mol. The number of ether oxygens (including phenoxy) is 2. The SMILES string of the molecule is COC1COCCC1NC1CC[C@H](C(=O)N2CCc3ncc(C(F)(F)F)cc3C2)C1. The van der Waals surface area contributed by atoms with Gasteiger partial charge >= 0.3 is 6.18 Å². The number of carbonyl (C=O) groups excluding carboxylic acids is 1. The van der Waals surface area contributed by atoms with Gasteiger partial charge in [0.25, 0.3) is 0 Å². The number of hydrogen-bond donors (Lipinski definition) is 1. The van der Waals surface area contributed by atoms with Crippen molar-refractivity contribution in [3.63, 3.8) is 0 Å². The van der Waals surface area contributed by atoms with Gasteiger partial charge in [-0.2, -0.15) is 13.2 Å². The van der Waals surface area contributed by atoms with E-state index >= 15 is 0 Å². The van der Waals surface area contributed by atoms with Crippen molar-refractivity contribution in [3.05, 3.63) is 29.1 Å². The molecule has 4 rings (SSSR count). The molecule has 166 valence electrons. The van der Waals surface area contributed by atoms with Crippen molar-refractivity contribution in [1.82, 2.24) is 15.2 Å². The first-order valence-corrected chi connectivity index (χ1v) is 10.6. The Hall–Kier alpha value is -1.71. The van der Waals surface area contributed by atoms with Gasteiger partial charge in [0.15, 0.2) is 0 Å². The molecule has 2 fully saturated rings. The highest BCUT2D eigenvalue weighted by Crippen LogP contribution is 2.33. The Kier molecular flexibility index (Phi) is 6.31. The van der Waals surface area contributed by atoms with Crippen molar-refractivity contribution in [2.45, 2.75) is 63.0 Å². The maximum absolute atomic E-state index is 13.1. The van der Waals surface area contributed by atoms with Crippen LogP contribution in [0.3, 0.4) is 0 Å². The molecule has 4 atom stereocenters. The van der Waals surface area contributed by atoms with E-state index in [1.54, 1.807) is 12.0 Å². The van der Waals surface area contributed by atoms with Crippen molar-refractivity contribution in [2.24, 2.45) is 5.92 Å². The van der Waals surface area contributed by atoms with E-state index in [-0.39, 0.29) is 36.6 Å². The fraction of sp³-hybridized carbons (Fsp3) is 0.714. The summed E-state index contributed by atoms with van der Waals surface area (Å²) in [5.41, 5.74) is 0.398. The molecule has 1 aromatic rings. The van der Waals surface area contributed by atoms with E-state index in [2.05, 4.69) is 10.3 Å². The third-order valence-electron chi connectivity index (χ3n) is 6.52. The Bertz CT molecular complexity index is 774. The molecular weight excluding hydrogens is 399 g/mol. The monoisotopic (exact) mass is 427 g/mol. The summed E-state index contributed by atoms with van der Waals surface area (Å²) < 4.78 is 50.0. The Balaban J connectivity index is 1.35. The van der Waals surface area contributed by atoms with Gasteiger partial charge in [-0.3, -0.25) is 9.78 Å². The summed E-state index contributed by atoms with van der Waals surface area (Å²) in [6, 6.07) is 1.60. The molecule has 3 aliphatic rings. The van der Waals surface area contributed by atoms with Crippen LogP contribution in [0.1, 0.15) is 42.5 Å². The van der Waals surface area contributed by atoms with E-state index in [1.165, 1.54) is 0 Å². The van der Waals surface area contributed by atoms with Crippen LogP contribution < -0.4 is 5.32 Å². The Morgan fingerprint density at radius 2 is 2.17 bits per heavy atom. The van der Waals surface area contributed by atoms with Gasteiger partial charge in [-0.1, -0.05) is 0 Å². The summed E-state index contributed by atoms with van der Waals surface area (Å²) >= 11 is 0. The number of alkyl halides is 3. The van der Waals surface area contributed by atoms with Crippen molar-refractivity contribution >= 4 is 5.91 Å². The van der Waals surface area contributed by atoms with Crippen LogP contribution in [-0.4, -0.2) is 60.8 Å². The lowest BCUT2D eigenvalue weighted by Gasteiger charge is -2.33. The number of amides is 1. The van der Waals surface area contributed by atoms with Crippen molar-refractivity contribution in [1.29, 1.82) is 0 Å². The van der Waals surface area contributed by atoms with Crippen LogP contribution in [0, 0.1) is 5.92 Å². The molecule has 2 aliphatic heterocycles. The second kappa shape index (κ2) is 8.80. The van der Waals surface area contributed by atoms with Crippen LogP contribution in [0.2, 0.25) is 0 Å². The Labute approximate surface area is 174 Å². The minimum absolute atomic E-state index is 0.0161. The van der Waals surface area contributed by atoms with E-state index in [0.29, 0.717) is 37.4 Å². The lowest BCUT2D eigenvalue weighted by Crippen LogP contribution is -2.50. The van der Waals surface area contributed by atoms with Gasteiger partial charge < -0.3 is 19.7 Å². The molecule has 0 aromatic carbocycles. The van der Waals surface area contributed by atoms with E-state index in [0.717, 1.165) is 37.9 Å². The third-order valence-corrected chi connectivity index (χ3v) is 6.52. The normalized spacial score (nSPS) is 29.7. The number of pyridine rings is 1. The van der Waals surface area contributed by atoms with Crippen molar-refractivity contribution in [2.75, 3.05) is 26.9 Å². The van der Waals surface area contributed by atoms with Gasteiger partial charge in [-0.15, -0.1) is 0 Å². The predicted octanol–water partition coefficient (Wildman–Crippen LogP) is 2.55. The summed E-state index contributed by atoms with van der Waals surface area (Å²) in [5, 5.41) is 3.64. The molecule has 30 heavy (non-hydrogen) atoms. The molecule has 1 saturated heterocycles. The number of rotatable bonds is 4. The molecule has 0 spiro atoms. The summed E-state index contributed by atoms with van der Waals surface area (Å²) in [6.45, 7) is 1.98. The van der Waals surface area contributed by atoms with Crippen molar-refractivity contribution < 1.29 is 27.4 Å². The molecule has 9 heteroatoms. The summed E-state index contributed by atoms with van der Waals surface area (Å²) in [5.74, 6) is -0.0544. The highest BCUT2D eigenvalue weighted by atomic mass is 19.4. The molecule has 3 heterocycles. The molecule has 1 aliphatic carbocycles. The van der Waals surface area contributed by atoms with E-state index in [1.807, 2.05) is 0 Å². The lowest BCUT2D eigenvalue weighted by atomic mass is 10.00. The van der Waals surface area contributed by atoms with Crippen molar-refractivity contribution in [3.8, 4) is 0 Å². The number of nitrogens with one attached hydrogen (secondary N) is 1. The molecule has 0 bridgehead atoms. The maximum atomic E-state index is 13.1. The number of halogens is 3. The molecular formula is C21H28F3N3O3. The highest BCUT2D eigenvalue weighted by molar-refractivity contribution is 5.79. The van der Waals surface area contributed by atoms with Gasteiger partial charge in [0.05, 0.1) is 18.3 Å². The van der Waals surface area contributed by atoms with E-state index in [4.69, 9.17) is 9.47 Å². The smallest absolute Gasteiger partial charge is 0.379 e. The minimum Gasteiger partial charge on any atom is -0.379 e.